The van der Waals surface area contributed by atoms with E-state index in [9.17, 15) is 9.59 Å². The van der Waals surface area contributed by atoms with Crippen LogP contribution < -0.4 is 10.4 Å². The van der Waals surface area contributed by atoms with Gasteiger partial charge in [-0.1, -0.05) is 29.8 Å². The molecule has 2 aromatic carbocycles. The van der Waals surface area contributed by atoms with Crippen LogP contribution in [-0.2, 0) is 4.74 Å². The van der Waals surface area contributed by atoms with Crippen LogP contribution in [0.2, 0.25) is 5.02 Å². The standard InChI is InChI=1S/C18H13ClO5/c19-13-5-7-14(8-6-13)22-9-10-23-17(20)15-11-12-3-1-2-4-16(12)24-18(15)21/h1-8,11H,9-10H2. The van der Waals surface area contributed by atoms with Crippen LogP contribution in [-0.4, -0.2) is 19.2 Å². The summed E-state index contributed by atoms with van der Waals surface area (Å²) in [7, 11) is 0. The van der Waals surface area contributed by atoms with Crippen molar-refractivity contribution in [1.29, 1.82) is 0 Å². The maximum Gasteiger partial charge on any atom is 0.351 e. The Morgan fingerprint density at radius 1 is 1.04 bits per heavy atom. The number of rotatable bonds is 5. The second kappa shape index (κ2) is 7.19. The third-order valence-electron chi connectivity index (χ3n) is 3.26. The molecule has 3 aromatic rings. The summed E-state index contributed by atoms with van der Waals surface area (Å²) in [6, 6.07) is 15.2. The van der Waals surface area contributed by atoms with Gasteiger partial charge in [-0.25, -0.2) is 9.59 Å². The van der Waals surface area contributed by atoms with Gasteiger partial charge in [-0.3, -0.25) is 0 Å². The first-order valence-corrected chi connectivity index (χ1v) is 7.60. The fraction of sp³-hybridized carbons (Fsp3) is 0.111. The Morgan fingerprint density at radius 2 is 1.79 bits per heavy atom. The molecule has 0 spiro atoms. The Hall–Kier alpha value is -2.79. The molecule has 0 aliphatic carbocycles. The summed E-state index contributed by atoms with van der Waals surface area (Å²) < 4.78 is 15.6. The molecular weight excluding hydrogens is 332 g/mol. The highest BCUT2D eigenvalue weighted by molar-refractivity contribution is 6.30. The average Bonchev–Trinajstić information content (AvgIpc) is 2.59. The van der Waals surface area contributed by atoms with Gasteiger partial charge in [0.15, 0.2) is 0 Å². The number of carbonyl (C=O) groups is 1. The van der Waals surface area contributed by atoms with Crippen molar-refractivity contribution in [3.8, 4) is 5.75 Å². The molecule has 0 atom stereocenters. The van der Waals surface area contributed by atoms with E-state index >= 15 is 0 Å². The molecule has 0 bridgehead atoms. The molecule has 122 valence electrons. The lowest BCUT2D eigenvalue weighted by Gasteiger charge is -2.07. The monoisotopic (exact) mass is 344 g/mol. The van der Waals surface area contributed by atoms with Crippen molar-refractivity contribution in [3.63, 3.8) is 0 Å². The molecule has 0 amide bonds. The maximum absolute atomic E-state index is 12.0. The van der Waals surface area contributed by atoms with Crippen LogP contribution in [0.25, 0.3) is 11.0 Å². The highest BCUT2D eigenvalue weighted by Crippen LogP contribution is 2.15. The van der Waals surface area contributed by atoms with Crippen molar-refractivity contribution >= 4 is 28.5 Å². The molecule has 0 N–H and O–H groups in total. The number of ether oxygens (including phenoxy) is 2. The summed E-state index contributed by atoms with van der Waals surface area (Å²) in [6.07, 6.45) is 0. The van der Waals surface area contributed by atoms with Gasteiger partial charge in [0, 0.05) is 10.4 Å². The van der Waals surface area contributed by atoms with Crippen molar-refractivity contribution < 1.29 is 18.7 Å². The zero-order chi connectivity index (χ0) is 16.9. The lowest BCUT2D eigenvalue weighted by Crippen LogP contribution is -2.19. The van der Waals surface area contributed by atoms with E-state index in [1.165, 1.54) is 6.07 Å². The van der Waals surface area contributed by atoms with Crippen LogP contribution >= 0.6 is 11.6 Å². The van der Waals surface area contributed by atoms with Gasteiger partial charge in [-0.05, 0) is 36.4 Å². The van der Waals surface area contributed by atoms with Crippen molar-refractivity contribution in [2.45, 2.75) is 0 Å². The summed E-state index contributed by atoms with van der Waals surface area (Å²) >= 11 is 5.78. The van der Waals surface area contributed by atoms with E-state index in [0.717, 1.165) is 0 Å². The predicted molar refractivity (Wildman–Crippen MR) is 89.7 cm³/mol. The Balaban J connectivity index is 1.60. The minimum atomic E-state index is -0.741. The van der Waals surface area contributed by atoms with Crippen molar-refractivity contribution in [2.24, 2.45) is 0 Å². The van der Waals surface area contributed by atoms with Gasteiger partial charge >= 0.3 is 11.6 Å². The second-order valence-electron chi connectivity index (χ2n) is 4.92. The topological polar surface area (TPSA) is 65.7 Å². The molecule has 0 saturated heterocycles. The number of carbonyl (C=O) groups excluding carboxylic acids is 1. The third kappa shape index (κ3) is 3.75. The molecule has 0 saturated carbocycles. The van der Waals surface area contributed by atoms with E-state index in [4.69, 9.17) is 25.5 Å². The van der Waals surface area contributed by atoms with Gasteiger partial charge in [-0.2, -0.15) is 0 Å². The van der Waals surface area contributed by atoms with Gasteiger partial charge in [0.1, 0.15) is 30.1 Å². The smallest absolute Gasteiger partial charge is 0.351 e. The van der Waals surface area contributed by atoms with Crippen LogP contribution in [0.5, 0.6) is 5.75 Å². The highest BCUT2D eigenvalue weighted by atomic mass is 35.5. The van der Waals surface area contributed by atoms with Gasteiger partial charge in [-0.15, -0.1) is 0 Å². The number of para-hydroxylation sites is 1. The highest BCUT2D eigenvalue weighted by Gasteiger charge is 2.15. The molecule has 0 unspecified atom stereocenters. The minimum absolute atomic E-state index is 0.00767. The van der Waals surface area contributed by atoms with Crippen LogP contribution in [0.3, 0.4) is 0 Å². The molecule has 1 aromatic heterocycles. The first-order valence-electron chi connectivity index (χ1n) is 7.22. The van der Waals surface area contributed by atoms with E-state index in [1.807, 2.05) is 0 Å². The van der Waals surface area contributed by atoms with Gasteiger partial charge < -0.3 is 13.9 Å². The van der Waals surface area contributed by atoms with Crippen molar-refractivity contribution in [3.05, 3.63) is 75.6 Å². The van der Waals surface area contributed by atoms with Gasteiger partial charge in [0.05, 0.1) is 0 Å². The number of fused-ring (bicyclic) bond motifs is 1. The molecule has 24 heavy (non-hydrogen) atoms. The van der Waals surface area contributed by atoms with Crippen LogP contribution in [0, 0.1) is 0 Å². The fourth-order valence-electron chi connectivity index (χ4n) is 2.11. The van der Waals surface area contributed by atoms with E-state index < -0.39 is 11.6 Å². The Bertz CT molecular complexity index is 915. The van der Waals surface area contributed by atoms with Crippen LogP contribution in [0.1, 0.15) is 10.4 Å². The van der Waals surface area contributed by atoms with E-state index in [2.05, 4.69) is 0 Å². The summed E-state index contributed by atoms with van der Waals surface area (Å²) in [6.45, 7) is 0.167. The SMILES string of the molecule is O=C(OCCOc1ccc(Cl)cc1)c1cc2ccccc2oc1=O. The Kier molecular flexibility index (Phi) is 4.82. The number of hydrogen-bond donors (Lipinski definition) is 0. The van der Waals surface area contributed by atoms with E-state index in [1.54, 1.807) is 48.5 Å². The summed E-state index contributed by atoms with van der Waals surface area (Å²) in [5.74, 6) is -0.130. The zero-order valence-corrected chi connectivity index (χ0v) is 13.3. The Labute approximate surface area is 142 Å². The molecule has 1 heterocycles. The Morgan fingerprint density at radius 3 is 2.58 bits per heavy atom. The van der Waals surface area contributed by atoms with Crippen LogP contribution in [0.4, 0.5) is 0 Å². The summed E-state index contributed by atoms with van der Waals surface area (Å²) in [5.41, 5.74) is -0.442. The molecule has 0 aliphatic heterocycles. The normalized spacial score (nSPS) is 10.5. The summed E-state index contributed by atoms with van der Waals surface area (Å²) in [4.78, 5) is 23.9. The fourth-order valence-corrected chi connectivity index (χ4v) is 2.23. The molecule has 5 nitrogen and oxygen atoms in total. The molecule has 0 aliphatic rings. The number of hydrogen-bond acceptors (Lipinski definition) is 5. The van der Waals surface area contributed by atoms with Crippen molar-refractivity contribution in [1.82, 2.24) is 0 Å². The summed E-state index contributed by atoms with van der Waals surface area (Å²) in [5, 5.41) is 1.26. The van der Waals surface area contributed by atoms with E-state index in [-0.39, 0.29) is 18.8 Å². The average molecular weight is 345 g/mol. The van der Waals surface area contributed by atoms with E-state index in [0.29, 0.717) is 21.7 Å². The maximum atomic E-state index is 12.0. The minimum Gasteiger partial charge on any atom is -0.490 e. The molecule has 0 radical (unpaired) electrons. The quantitative estimate of drug-likeness (QED) is 0.401. The second-order valence-corrected chi connectivity index (χ2v) is 5.36. The lowest BCUT2D eigenvalue weighted by molar-refractivity contribution is 0.0446. The first kappa shape index (κ1) is 16.1. The molecule has 6 heteroatoms. The lowest BCUT2D eigenvalue weighted by atomic mass is 10.2. The van der Waals surface area contributed by atoms with Crippen molar-refractivity contribution in [2.75, 3.05) is 13.2 Å². The number of halogens is 1. The van der Waals surface area contributed by atoms with Gasteiger partial charge in [0.25, 0.3) is 0 Å². The zero-order valence-electron chi connectivity index (χ0n) is 12.5. The first-order chi connectivity index (χ1) is 11.6. The largest absolute Gasteiger partial charge is 0.490 e. The molecule has 0 fully saturated rings. The third-order valence-corrected chi connectivity index (χ3v) is 3.51. The number of esters is 1. The van der Waals surface area contributed by atoms with Crippen LogP contribution in [0.15, 0.2) is 63.8 Å². The van der Waals surface area contributed by atoms with Gasteiger partial charge in [0.2, 0.25) is 0 Å². The predicted octanol–water partition coefficient (Wildman–Crippen LogP) is 3.68. The molecular formula is C18H13ClO5. The number of benzene rings is 2. The molecule has 3 rings (SSSR count).